The van der Waals surface area contributed by atoms with Crippen molar-refractivity contribution in [2.45, 2.75) is 26.3 Å². The summed E-state index contributed by atoms with van der Waals surface area (Å²) < 4.78 is 1.88. The molecule has 1 atom stereocenters. The maximum absolute atomic E-state index is 12.3. The molecule has 1 aromatic carbocycles. The zero-order chi connectivity index (χ0) is 14.5. The fraction of sp³-hybridized carbons (Fsp3) is 0.235. The zero-order valence-electron chi connectivity index (χ0n) is 11.7. The number of aromatic nitrogens is 1. The Morgan fingerprint density at radius 2 is 1.95 bits per heavy atom. The molecule has 0 N–H and O–H groups in total. The molecule has 0 saturated carbocycles. The summed E-state index contributed by atoms with van der Waals surface area (Å²) >= 11 is 0. The van der Waals surface area contributed by atoms with Gasteiger partial charge in [0.2, 0.25) is 12.3 Å². The van der Waals surface area contributed by atoms with E-state index < -0.39 is 5.92 Å². The van der Waals surface area contributed by atoms with Crippen molar-refractivity contribution in [2.75, 3.05) is 0 Å². The number of carbonyl (C=O) groups is 1. The Bertz CT molecular complexity index is 656. The van der Waals surface area contributed by atoms with E-state index in [0.29, 0.717) is 0 Å². The number of pyridine rings is 1. The van der Waals surface area contributed by atoms with E-state index in [9.17, 15) is 10.1 Å². The lowest BCUT2D eigenvalue weighted by Crippen LogP contribution is -2.41. The summed E-state index contributed by atoms with van der Waals surface area (Å²) in [5.74, 6) is -0.792. The summed E-state index contributed by atoms with van der Waals surface area (Å²) in [6.45, 7) is 4.20. The molecule has 1 unspecified atom stereocenters. The van der Waals surface area contributed by atoms with Crippen LogP contribution in [0.2, 0.25) is 0 Å². The summed E-state index contributed by atoms with van der Waals surface area (Å²) in [7, 11) is 0. The molecule has 0 saturated heterocycles. The summed E-state index contributed by atoms with van der Waals surface area (Å²) in [5.41, 5.74) is 2.93. The van der Waals surface area contributed by atoms with Gasteiger partial charge in [0.05, 0.1) is 6.07 Å². The fourth-order valence-electron chi connectivity index (χ4n) is 2.20. The van der Waals surface area contributed by atoms with E-state index >= 15 is 0 Å². The molecule has 0 radical (unpaired) electrons. The van der Waals surface area contributed by atoms with Gasteiger partial charge in [-0.2, -0.15) is 9.83 Å². The number of carbonyl (C=O) groups excluding carboxylic acids is 1. The molecule has 1 heterocycles. The van der Waals surface area contributed by atoms with Crippen LogP contribution in [0.4, 0.5) is 0 Å². The van der Waals surface area contributed by atoms with Crippen molar-refractivity contribution >= 4 is 5.78 Å². The van der Waals surface area contributed by atoms with Crippen LogP contribution in [-0.2, 0) is 11.3 Å². The van der Waals surface area contributed by atoms with Gasteiger partial charge in [0.1, 0.15) is 5.92 Å². The van der Waals surface area contributed by atoms with Crippen molar-refractivity contribution in [3.63, 3.8) is 0 Å². The first-order valence-electron chi connectivity index (χ1n) is 6.56. The van der Waals surface area contributed by atoms with Crippen LogP contribution >= 0.6 is 0 Å². The van der Waals surface area contributed by atoms with Crippen molar-refractivity contribution < 1.29 is 9.36 Å². The first-order valence-corrected chi connectivity index (χ1v) is 6.56. The van der Waals surface area contributed by atoms with Crippen molar-refractivity contribution in [1.29, 1.82) is 5.26 Å². The Balaban J connectivity index is 2.21. The van der Waals surface area contributed by atoms with Crippen LogP contribution in [0.5, 0.6) is 0 Å². The largest absolute Gasteiger partial charge is 0.291 e. The zero-order valence-corrected chi connectivity index (χ0v) is 11.7. The minimum absolute atomic E-state index is 0.0874. The number of nitrogens with zero attached hydrogens (tertiary/aromatic N) is 2. The highest BCUT2D eigenvalue weighted by molar-refractivity contribution is 5.87. The molecule has 0 aliphatic rings. The SMILES string of the molecule is Cc1cc[n+](CC(=O)C(C#N)c2ccccc2)c(C)c1. The molecule has 0 spiro atoms. The van der Waals surface area contributed by atoms with Gasteiger partial charge in [-0.3, -0.25) is 4.79 Å². The normalized spacial score (nSPS) is 11.7. The number of aryl methyl sites for hydroxylation is 2. The minimum Gasteiger partial charge on any atom is -0.291 e. The van der Waals surface area contributed by atoms with Crippen LogP contribution in [0.3, 0.4) is 0 Å². The quantitative estimate of drug-likeness (QED) is 0.797. The molecule has 20 heavy (non-hydrogen) atoms. The van der Waals surface area contributed by atoms with E-state index in [1.54, 1.807) is 0 Å². The van der Waals surface area contributed by atoms with Crippen LogP contribution < -0.4 is 4.57 Å². The second-order valence-electron chi connectivity index (χ2n) is 4.91. The predicted molar refractivity (Wildman–Crippen MR) is 75.9 cm³/mol. The van der Waals surface area contributed by atoms with Crippen molar-refractivity contribution in [3.05, 3.63) is 65.5 Å². The maximum atomic E-state index is 12.3. The molecule has 0 aliphatic carbocycles. The van der Waals surface area contributed by atoms with Gasteiger partial charge >= 0.3 is 0 Å². The van der Waals surface area contributed by atoms with Crippen LogP contribution in [0, 0.1) is 25.2 Å². The number of rotatable bonds is 4. The third-order valence-corrected chi connectivity index (χ3v) is 3.32. The van der Waals surface area contributed by atoms with Crippen LogP contribution in [0.15, 0.2) is 48.7 Å². The number of hydrogen-bond donors (Lipinski definition) is 0. The molecule has 2 rings (SSSR count). The Hall–Kier alpha value is -2.47. The van der Waals surface area contributed by atoms with E-state index in [0.717, 1.165) is 16.8 Å². The Morgan fingerprint density at radius 1 is 1.25 bits per heavy atom. The Kier molecular flexibility index (Phi) is 4.27. The van der Waals surface area contributed by atoms with E-state index in [4.69, 9.17) is 0 Å². The van der Waals surface area contributed by atoms with Crippen LogP contribution in [-0.4, -0.2) is 5.78 Å². The first kappa shape index (κ1) is 14.0. The van der Waals surface area contributed by atoms with Gasteiger partial charge in [0.25, 0.3) is 0 Å². The summed E-state index contributed by atoms with van der Waals surface area (Å²) in [4.78, 5) is 12.3. The molecular formula is C17H17N2O+. The molecule has 0 aliphatic heterocycles. The standard InChI is InChI=1S/C17H17N2O/c1-13-8-9-19(14(2)10-13)12-17(20)16(11-18)15-6-4-3-5-7-15/h3-10,16H,12H2,1-2H3/q+1. The number of nitriles is 1. The van der Waals surface area contributed by atoms with E-state index in [2.05, 4.69) is 6.07 Å². The van der Waals surface area contributed by atoms with Gasteiger partial charge in [-0.05, 0) is 18.1 Å². The molecule has 0 fully saturated rings. The molecule has 3 nitrogen and oxygen atoms in total. The van der Waals surface area contributed by atoms with Crippen molar-refractivity contribution in [3.8, 4) is 6.07 Å². The lowest BCUT2D eigenvalue weighted by Gasteiger charge is -2.07. The number of benzene rings is 1. The monoisotopic (exact) mass is 265 g/mol. The third-order valence-electron chi connectivity index (χ3n) is 3.32. The second kappa shape index (κ2) is 6.12. The Morgan fingerprint density at radius 3 is 2.55 bits per heavy atom. The van der Waals surface area contributed by atoms with Crippen molar-refractivity contribution in [2.24, 2.45) is 0 Å². The second-order valence-corrected chi connectivity index (χ2v) is 4.91. The first-order chi connectivity index (χ1) is 9.61. The van der Waals surface area contributed by atoms with Gasteiger partial charge in [-0.1, -0.05) is 30.3 Å². The van der Waals surface area contributed by atoms with Gasteiger partial charge in [-0.25, -0.2) is 0 Å². The van der Waals surface area contributed by atoms with E-state index in [1.165, 1.54) is 0 Å². The Labute approximate surface area is 119 Å². The summed E-state index contributed by atoms with van der Waals surface area (Å²) in [5, 5.41) is 9.26. The lowest BCUT2D eigenvalue weighted by atomic mass is 9.96. The van der Waals surface area contributed by atoms with E-state index in [-0.39, 0.29) is 12.3 Å². The van der Waals surface area contributed by atoms with Crippen LogP contribution in [0.1, 0.15) is 22.7 Å². The smallest absolute Gasteiger partial charge is 0.218 e. The molecule has 0 amide bonds. The lowest BCUT2D eigenvalue weighted by molar-refractivity contribution is -0.690. The highest BCUT2D eigenvalue weighted by Crippen LogP contribution is 2.15. The van der Waals surface area contributed by atoms with Crippen molar-refractivity contribution in [1.82, 2.24) is 0 Å². The third kappa shape index (κ3) is 3.10. The van der Waals surface area contributed by atoms with Crippen LogP contribution in [0.25, 0.3) is 0 Å². The van der Waals surface area contributed by atoms with Gasteiger partial charge < -0.3 is 0 Å². The average Bonchev–Trinajstić information content (AvgIpc) is 2.44. The number of Topliss-reactive ketones (excluding diaryl/α,β-unsaturated/α-hetero) is 1. The molecule has 2 aromatic rings. The average molecular weight is 265 g/mol. The molecule has 100 valence electrons. The fourth-order valence-corrected chi connectivity index (χ4v) is 2.20. The number of hydrogen-bond acceptors (Lipinski definition) is 2. The minimum atomic E-state index is -0.704. The molecule has 0 bridgehead atoms. The maximum Gasteiger partial charge on any atom is 0.218 e. The molecule has 3 heteroatoms. The topological polar surface area (TPSA) is 44.7 Å². The van der Waals surface area contributed by atoms with Gasteiger partial charge in [0.15, 0.2) is 11.9 Å². The number of ketones is 1. The molecule has 1 aromatic heterocycles. The highest BCUT2D eigenvalue weighted by Gasteiger charge is 2.24. The van der Waals surface area contributed by atoms with Gasteiger partial charge in [-0.15, -0.1) is 0 Å². The van der Waals surface area contributed by atoms with E-state index in [1.807, 2.05) is 67.1 Å². The molecular weight excluding hydrogens is 248 g/mol. The predicted octanol–water partition coefficient (Wildman–Crippen LogP) is 2.47. The summed E-state index contributed by atoms with van der Waals surface area (Å²) in [6, 6.07) is 15.3. The summed E-state index contributed by atoms with van der Waals surface area (Å²) in [6.07, 6.45) is 1.89. The highest BCUT2D eigenvalue weighted by atomic mass is 16.1. The van der Waals surface area contributed by atoms with Gasteiger partial charge in [0, 0.05) is 19.1 Å².